The first-order chi connectivity index (χ1) is 14.8. The summed E-state index contributed by atoms with van der Waals surface area (Å²) in [6.45, 7) is 9.44. The van der Waals surface area contributed by atoms with Gasteiger partial charge < -0.3 is 15.1 Å². The van der Waals surface area contributed by atoms with E-state index >= 15 is 0 Å². The van der Waals surface area contributed by atoms with Crippen molar-refractivity contribution in [2.75, 3.05) is 29.9 Å². The zero-order valence-corrected chi connectivity index (χ0v) is 18.9. The first kappa shape index (κ1) is 21.4. The minimum atomic E-state index is -0.0839. The maximum Gasteiger partial charge on any atom is 0.256 e. The van der Waals surface area contributed by atoms with E-state index in [0.29, 0.717) is 17.7 Å². The molecule has 0 radical (unpaired) electrons. The highest BCUT2D eigenvalue weighted by Crippen LogP contribution is 2.31. The molecule has 2 aromatic rings. The summed E-state index contributed by atoms with van der Waals surface area (Å²) < 4.78 is 0. The second-order valence-electron chi connectivity index (χ2n) is 9.96. The molecule has 2 aliphatic rings. The normalized spacial score (nSPS) is 16.2. The quantitative estimate of drug-likeness (QED) is 0.770. The van der Waals surface area contributed by atoms with E-state index < -0.39 is 0 Å². The summed E-state index contributed by atoms with van der Waals surface area (Å²) in [6.07, 6.45) is 3.52. The van der Waals surface area contributed by atoms with E-state index in [-0.39, 0.29) is 17.2 Å². The van der Waals surface area contributed by atoms with E-state index in [1.807, 2.05) is 43.9 Å². The van der Waals surface area contributed by atoms with Crippen molar-refractivity contribution in [1.29, 1.82) is 0 Å². The Morgan fingerprint density at radius 1 is 0.968 bits per heavy atom. The number of rotatable bonds is 4. The molecule has 0 aliphatic carbocycles. The van der Waals surface area contributed by atoms with E-state index in [0.717, 1.165) is 51.1 Å². The standard InChI is InChI=1S/C26H33N3O2/c1-26(2,3)17-24(30)27-21-10-11-23(22(16-21)25(31)28-13-6-7-14-28)29-15-12-19-8-4-5-9-20(19)18-29/h4-5,8-11,16H,6-7,12-15,17-18H2,1-3H3,(H,27,30). The van der Waals surface area contributed by atoms with Gasteiger partial charge in [-0.3, -0.25) is 9.59 Å². The predicted octanol–water partition coefficient (Wildman–Crippen LogP) is 4.86. The van der Waals surface area contributed by atoms with Crippen molar-refractivity contribution in [3.8, 4) is 0 Å². The highest BCUT2D eigenvalue weighted by molar-refractivity contribution is 6.02. The molecule has 5 heteroatoms. The first-order valence-electron chi connectivity index (χ1n) is 11.3. The van der Waals surface area contributed by atoms with Crippen molar-refractivity contribution >= 4 is 23.2 Å². The Labute approximate surface area is 185 Å². The third kappa shape index (κ3) is 5.09. The van der Waals surface area contributed by atoms with Crippen molar-refractivity contribution in [2.24, 2.45) is 5.41 Å². The highest BCUT2D eigenvalue weighted by atomic mass is 16.2. The molecule has 0 aromatic heterocycles. The smallest absolute Gasteiger partial charge is 0.256 e. The second kappa shape index (κ2) is 8.74. The molecule has 0 saturated carbocycles. The Morgan fingerprint density at radius 2 is 1.68 bits per heavy atom. The van der Waals surface area contributed by atoms with Crippen LogP contribution in [-0.4, -0.2) is 36.3 Å². The van der Waals surface area contributed by atoms with Crippen molar-refractivity contribution < 1.29 is 9.59 Å². The van der Waals surface area contributed by atoms with Crippen molar-refractivity contribution in [1.82, 2.24) is 4.90 Å². The predicted molar refractivity (Wildman–Crippen MR) is 125 cm³/mol. The molecule has 2 aliphatic heterocycles. The summed E-state index contributed by atoms with van der Waals surface area (Å²) in [5, 5.41) is 3.00. The van der Waals surface area contributed by atoms with Gasteiger partial charge in [0.1, 0.15) is 0 Å². The van der Waals surface area contributed by atoms with Gasteiger partial charge in [0, 0.05) is 44.0 Å². The van der Waals surface area contributed by atoms with Crippen LogP contribution in [0.5, 0.6) is 0 Å². The maximum absolute atomic E-state index is 13.4. The summed E-state index contributed by atoms with van der Waals surface area (Å²) in [6, 6.07) is 14.3. The Kier molecular flexibility index (Phi) is 6.03. The maximum atomic E-state index is 13.4. The molecular formula is C26H33N3O2. The van der Waals surface area contributed by atoms with Gasteiger partial charge in [-0.15, -0.1) is 0 Å². The molecule has 1 fully saturated rings. The lowest BCUT2D eigenvalue weighted by Crippen LogP contribution is -2.34. The van der Waals surface area contributed by atoms with Gasteiger partial charge in [0.15, 0.2) is 0 Å². The van der Waals surface area contributed by atoms with Crippen LogP contribution < -0.4 is 10.2 Å². The average Bonchev–Trinajstić information content (AvgIpc) is 3.26. The number of carbonyl (C=O) groups is 2. The molecule has 4 rings (SSSR count). The fourth-order valence-electron chi connectivity index (χ4n) is 4.54. The van der Waals surface area contributed by atoms with Crippen LogP contribution in [-0.2, 0) is 17.8 Å². The van der Waals surface area contributed by atoms with Gasteiger partial charge in [-0.1, -0.05) is 45.0 Å². The van der Waals surface area contributed by atoms with Gasteiger partial charge in [0.25, 0.3) is 5.91 Å². The lowest BCUT2D eigenvalue weighted by Gasteiger charge is -2.33. The molecule has 5 nitrogen and oxygen atoms in total. The van der Waals surface area contributed by atoms with E-state index in [9.17, 15) is 9.59 Å². The number of hydrogen-bond donors (Lipinski definition) is 1. The van der Waals surface area contributed by atoms with Crippen LogP contribution in [0, 0.1) is 5.41 Å². The van der Waals surface area contributed by atoms with Crippen LogP contribution in [0.15, 0.2) is 42.5 Å². The molecule has 1 N–H and O–H groups in total. The molecular weight excluding hydrogens is 386 g/mol. The Balaban J connectivity index is 1.63. The molecule has 0 unspecified atom stereocenters. The SMILES string of the molecule is CC(C)(C)CC(=O)Nc1ccc(N2CCc3ccccc3C2)c(C(=O)N2CCCC2)c1. The lowest BCUT2D eigenvalue weighted by atomic mass is 9.92. The van der Waals surface area contributed by atoms with Gasteiger partial charge >= 0.3 is 0 Å². The molecule has 2 heterocycles. The number of fused-ring (bicyclic) bond motifs is 1. The van der Waals surface area contributed by atoms with Gasteiger partial charge in [-0.25, -0.2) is 0 Å². The van der Waals surface area contributed by atoms with E-state index in [1.165, 1.54) is 11.1 Å². The second-order valence-corrected chi connectivity index (χ2v) is 9.96. The molecule has 2 amide bonds. The molecule has 1 saturated heterocycles. The zero-order chi connectivity index (χ0) is 22.0. The van der Waals surface area contributed by atoms with Crippen LogP contribution >= 0.6 is 0 Å². The highest BCUT2D eigenvalue weighted by Gasteiger charge is 2.26. The molecule has 0 atom stereocenters. The van der Waals surface area contributed by atoms with E-state index in [1.54, 1.807) is 0 Å². The van der Waals surface area contributed by atoms with Gasteiger partial charge in [-0.05, 0) is 54.0 Å². The Hall–Kier alpha value is -2.82. The zero-order valence-electron chi connectivity index (χ0n) is 18.9. The average molecular weight is 420 g/mol. The van der Waals surface area contributed by atoms with Crippen LogP contribution in [0.1, 0.15) is 61.5 Å². The summed E-state index contributed by atoms with van der Waals surface area (Å²) in [7, 11) is 0. The van der Waals surface area contributed by atoms with Crippen molar-refractivity contribution in [2.45, 2.75) is 53.0 Å². The Morgan fingerprint density at radius 3 is 2.39 bits per heavy atom. The largest absolute Gasteiger partial charge is 0.366 e. The number of anilines is 2. The van der Waals surface area contributed by atoms with Gasteiger partial charge in [-0.2, -0.15) is 0 Å². The summed E-state index contributed by atoms with van der Waals surface area (Å²) >= 11 is 0. The number of nitrogens with zero attached hydrogens (tertiary/aromatic N) is 2. The van der Waals surface area contributed by atoms with Crippen LogP contribution in [0.4, 0.5) is 11.4 Å². The van der Waals surface area contributed by atoms with Crippen LogP contribution in [0.2, 0.25) is 0 Å². The van der Waals surface area contributed by atoms with Gasteiger partial charge in [0.2, 0.25) is 5.91 Å². The third-order valence-corrected chi connectivity index (χ3v) is 6.07. The van der Waals surface area contributed by atoms with Crippen molar-refractivity contribution in [3.05, 3.63) is 59.2 Å². The molecule has 2 aromatic carbocycles. The van der Waals surface area contributed by atoms with Crippen molar-refractivity contribution in [3.63, 3.8) is 0 Å². The number of likely N-dealkylation sites (tertiary alicyclic amines) is 1. The number of carbonyl (C=O) groups excluding carboxylic acids is 2. The number of hydrogen-bond acceptors (Lipinski definition) is 3. The van der Waals surface area contributed by atoms with Crippen LogP contribution in [0.25, 0.3) is 0 Å². The topological polar surface area (TPSA) is 52.7 Å². The lowest BCUT2D eigenvalue weighted by molar-refractivity contribution is -0.117. The molecule has 31 heavy (non-hydrogen) atoms. The van der Waals surface area contributed by atoms with E-state index in [2.05, 4.69) is 34.5 Å². The first-order valence-corrected chi connectivity index (χ1v) is 11.3. The molecule has 0 bridgehead atoms. The fourth-order valence-corrected chi connectivity index (χ4v) is 4.54. The minimum Gasteiger partial charge on any atom is -0.366 e. The van der Waals surface area contributed by atoms with Crippen LogP contribution in [0.3, 0.4) is 0 Å². The molecule has 164 valence electrons. The number of nitrogens with one attached hydrogen (secondary N) is 1. The van der Waals surface area contributed by atoms with Gasteiger partial charge in [0.05, 0.1) is 5.56 Å². The third-order valence-electron chi connectivity index (χ3n) is 6.07. The molecule has 0 spiro atoms. The summed E-state index contributed by atoms with van der Waals surface area (Å²) in [5.41, 5.74) is 4.96. The minimum absolute atomic E-state index is 0.0216. The summed E-state index contributed by atoms with van der Waals surface area (Å²) in [5.74, 6) is 0.0463. The summed E-state index contributed by atoms with van der Waals surface area (Å²) in [4.78, 5) is 30.1. The fraction of sp³-hybridized carbons (Fsp3) is 0.462. The van der Waals surface area contributed by atoms with E-state index in [4.69, 9.17) is 0 Å². The number of amides is 2. The number of benzene rings is 2. The Bertz CT molecular complexity index is 971. The monoisotopic (exact) mass is 419 g/mol.